The highest BCUT2D eigenvalue weighted by Gasteiger charge is 2.43. The van der Waals surface area contributed by atoms with Crippen LogP contribution in [0.4, 0.5) is 27.6 Å². The molecule has 0 radical (unpaired) electrons. The molecule has 2 atom stereocenters. The number of nitrogens with zero attached hydrogens (tertiary/aromatic N) is 2. The minimum absolute atomic E-state index is 0.184. The number of hydrogen-bond acceptors (Lipinski definition) is 3. The van der Waals surface area contributed by atoms with Gasteiger partial charge in [0.15, 0.2) is 11.6 Å². The molecule has 1 fully saturated rings. The van der Waals surface area contributed by atoms with E-state index in [-0.39, 0.29) is 18.1 Å². The van der Waals surface area contributed by atoms with E-state index in [1.54, 1.807) is 11.9 Å². The summed E-state index contributed by atoms with van der Waals surface area (Å²) in [6.45, 7) is 0.255. The van der Waals surface area contributed by atoms with E-state index >= 15 is 0 Å². The fraction of sp³-hybridized carbons (Fsp3) is 0.263. The summed E-state index contributed by atoms with van der Waals surface area (Å²) in [6.07, 6.45) is -4.49. The van der Waals surface area contributed by atoms with E-state index < -0.39 is 41.1 Å². The van der Waals surface area contributed by atoms with Gasteiger partial charge in [-0.3, -0.25) is 4.79 Å². The van der Waals surface area contributed by atoms with E-state index in [0.717, 1.165) is 18.2 Å². The Labute approximate surface area is 163 Å². The van der Waals surface area contributed by atoms with Crippen molar-refractivity contribution in [1.29, 1.82) is 0 Å². The van der Waals surface area contributed by atoms with Crippen molar-refractivity contribution in [2.24, 2.45) is 16.9 Å². The molecule has 5 nitrogen and oxygen atoms in total. The zero-order valence-corrected chi connectivity index (χ0v) is 15.2. The molecule has 0 aromatic heterocycles. The number of anilines is 1. The molecule has 0 bridgehead atoms. The molecule has 3 rings (SSSR count). The molecule has 1 heterocycles. The third kappa shape index (κ3) is 4.01. The Hall–Kier alpha value is -3.17. The Morgan fingerprint density at radius 1 is 1.17 bits per heavy atom. The van der Waals surface area contributed by atoms with Crippen LogP contribution in [-0.4, -0.2) is 30.2 Å². The minimum Gasteiger partial charge on any atom is -0.360 e. The lowest BCUT2D eigenvalue weighted by molar-refractivity contribution is -0.137. The minimum atomic E-state index is -4.49. The molecule has 0 spiro atoms. The van der Waals surface area contributed by atoms with Crippen LogP contribution in [0.1, 0.15) is 17.0 Å². The molecule has 1 aliphatic rings. The van der Waals surface area contributed by atoms with Gasteiger partial charge in [0.2, 0.25) is 5.91 Å². The van der Waals surface area contributed by atoms with Gasteiger partial charge in [-0.2, -0.15) is 18.3 Å². The molecule has 0 saturated carbocycles. The SMILES string of the molecule is CN1C[C@H](c2ccc(C(F)(F)F)cc2)[C@@H](C(=O)Nc2cccc(F)c2F)C1=NN. The summed E-state index contributed by atoms with van der Waals surface area (Å²) in [6, 6.07) is 7.75. The van der Waals surface area contributed by atoms with Crippen LogP contribution in [-0.2, 0) is 11.0 Å². The zero-order chi connectivity index (χ0) is 21.3. The molecular formula is C19H17F5N4O. The summed E-state index contributed by atoms with van der Waals surface area (Å²) in [7, 11) is 1.62. The average Bonchev–Trinajstić information content (AvgIpc) is 3.01. The van der Waals surface area contributed by atoms with Crippen molar-refractivity contribution >= 4 is 17.4 Å². The lowest BCUT2D eigenvalue weighted by Crippen LogP contribution is -2.34. The lowest BCUT2D eigenvalue weighted by Gasteiger charge is -2.19. The van der Waals surface area contributed by atoms with Crippen molar-refractivity contribution < 1.29 is 26.7 Å². The predicted octanol–water partition coefficient (Wildman–Crippen LogP) is 3.54. The van der Waals surface area contributed by atoms with Crippen molar-refractivity contribution in [3.63, 3.8) is 0 Å². The molecule has 29 heavy (non-hydrogen) atoms. The van der Waals surface area contributed by atoms with Gasteiger partial charge in [0.25, 0.3) is 0 Å². The van der Waals surface area contributed by atoms with Gasteiger partial charge in [-0.15, -0.1) is 0 Å². The fourth-order valence-corrected chi connectivity index (χ4v) is 3.42. The van der Waals surface area contributed by atoms with Crippen LogP contribution in [0, 0.1) is 17.6 Å². The van der Waals surface area contributed by atoms with E-state index in [2.05, 4.69) is 10.4 Å². The maximum atomic E-state index is 13.9. The van der Waals surface area contributed by atoms with Crippen molar-refractivity contribution in [2.75, 3.05) is 18.9 Å². The van der Waals surface area contributed by atoms with Gasteiger partial charge in [-0.1, -0.05) is 18.2 Å². The second-order valence-corrected chi connectivity index (χ2v) is 6.66. The maximum Gasteiger partial charge on any atom is 0.416 e. The first-order valence-electron chi connectivity index (χ1n) is 8.54. The summed E-state index contributed by atoms with van der Waals surface area (Å²) in [5, 5.41) is 5.94. The van der Waals surface area contributed by atoms with E-state index in [9.17, 15) is 26.7 Å². The van der Waals surface area contributed by atoms with Crippen LogP contribution >= 0.6 is 0 Å². The first kappa shape index (κ1) is 20.6. The summed E-state index contributed by atoms with van der Waals surface area (Å²) in [5.74, 6) is 0.966. The second kappa shape index (κ2) is 7.69. The van der Waals surface area contributed by atoms with Crippen LogP contribution < -0.4 is 11.2 Å². The zero-order valence-electron chi connectivity index (χ0n) is 15.2. The molecule has 3 N–H and O–H groups in total. The van der Waals surface area contributed by atoms with E-state index in [4.69, 9.17) is 5.84 Å². The van der Waals surface area contributed by atoms with E-state index in [1.807, 2.05) is 0 Å². The van der Waals surface area contributed by atoms with Crippen molar-refractivity contribution in [2.45, 2.75) is 12.1 Å². The normalized spacial score (nSPS) is 20.9. The number of carbonyl (C=O) groups excluding carboxylic acids is 1. The number of hydrogen-bond donors (Lipinski definition) is 2. The summed E-state index contributed by atoms with van der Waals surface area (Å²) in [4.78, 5) is 14.5. The Bertz CT molecular complexity index is 943. The van der Waals surface area contributed by atoms with E-state index in [0.29, 0.717) is 5.56 Å². The van der Waals surface area contributed by atoms with Gasteiger partial charge in [0.1, 0.15) is 11.8 Å². The first-order valence-corrected chi connectivity index (χ1v) is 8.54. The van der Waals surface area contributed by atoms with Gasteiger partial charge < -0.3 is 16.1 Å². The second-order valence-electron chi connectivity index (χ2n) is 6.66. The fourth-order valence-electron chi connectivity index (χ4n) is 3.42. The summed E-state index contributed by atoms with van der Waals surface area (Å²) in [5.41, 5.74) is -0.710. The number of amidine groups is 1. The van der Waals surface area contributed by atoms with E-state index in [1.165, 1.54) is 24.3 Å². The lowest BCUT2D eigenvalue weighted by atomic mass is 9.87. The van der Waals surface area contributed by atoms with Crippen LogP contribution in [0.3, 0.4) is 0 Å². The molecule has 1 aliphatic heterocycles. The number of nitrogens with two attached hydrogens (primary N) is 1. The third-order valence-electron chi connectivity index (χ3n) is 4.83. The van der Waals surface area contributed by atoms with Crippen LogP contribution in [0.2, 0.25) is 0 Å². The van der Waals surface area contributed by atoms with Gasteiger partial charge in [0.05, 0.1) is 11.3 Å². The van der Waals surface area contributed by atoms with Gasteiger partial charge >= 0.3 is 6.18 Å². The molecule has 0 aliphatic carbocycles. The highest BCUT2D eigenvalue weighted by Crippen LogP contribution is 2.36. The molecule has 10 heteroatoms. The van der Waals surface area contributed by atoms with Crippen LogP contribution in [0.15, 0.2) is 47.6 Å². The number of hydrazone groups is 1. The number of likely N-dealkylation sites (N-methyl/N-ethyl adjacent to an activating group) is 1. The summed E-state index contributed by atoms with van der Waals surface area (Å²) >= 11 is 0. The highest BCUT2D eigenvalue weighted by molar-refractivity contribution is 6.10. The number of likely N-dealkylation sites (tertiary alicyclic amines) is 1. The van der Waals surface area contributed by atoms with Crippen molar-refractivity contribution in [3.05, 3.63) is 65.2 Å². The van der Waals surface area contributed by atoms with Crippen molar-refractivity contribution in [3.8, 4) is 0 Å². The number of halogens is 5. The number of amides is 1. The highest BCUT2D eigenvalue weighted by atomic mass is 19.4. The number of rotatable bonds is 3. The molecule has 0 unspecified atom stereocenters. The molecule has 2 aromatic rings. The largest absolute Gasteiger partial charge is 0.416 e. The third-order valence-corrected chi connectivity index (χ3v) is 4.83. The smallest absolute Gasteiger partial charge is 0.360 e. The van der Waals surface area contributed by atoms with Gasteiger partial charge in [-0.25, -0.2) is 8.78 Å². The molecule has 154 valence electrons. The quantitative estimate of drug-likeness (QED) is 0.460. The molecule has 2 aromatic carbocycles. The number of nitrogens with one attached hydrogen (secondary N) is 1. The monoisotopic (exact) mass is 412 g/mol. The van der Waals surface area contributed by atoms with Gasteiger partial charge in [0, 0.05) is 19.5 Å². The van der Waals surface area contributed by atoms with Gasteiger partial charge in [-0.05, 0) is 29.8 Å². The van der Waals surface area contributed by atoms with Crippen LogP contribution in [0.25, 0.3) is 0 Å². The Balaban J connectivity index is 1.92. The first-order chi connectivity index (χ1) is 13.6. The Kier molecular flexibility index (Phi) is 5.45. The Morgan fingerprint density at radius 2 is 1.83 bits per heavy atom. The standard InChI is InChI=1S/C19H17F5N4O/c1-28-9-12(10-5-7-11(8-6-10)19(22,23)24)15(17(28)27-25)18(29)26-14-4-2-3-13(20)16(14)21/h2-8,12,15H,9,25H2,1H3,(H,26,29)/t12-,15-/m1/s1. The Morgan fingerprint density at radius 3 is 2.41 bits per heavy atom. The molecule has 1 amide bonds. The number of benzene rings is 2. The summed E-state index contributed by atoms with van der Waals surface area (Å²) < 4.78 is 65.8. The molecule has 1 saturated heterocycles. The number of alkyl halides is 3. The van der Waals surface area contributed by atoms with Crippen LogP contribution in [0.5, 0.6) is 0 Å². The maximum absolute atomic E-state index is 13.9. The van der Waals surface area contributed by atoms with Crippen molar-refractivity contribution in [1.82, 2.24) is 4.90 Å². The average molecular weight is 412 g/mol. The predicted molar refractivity (Wildman–Crippen MR) is 96.9 cm³/mol. The topological polar surface area (TPSA) is 70.7 Å². The molecular weight excluding hydrogens is 395 g/mol. The number of carbonyl (C=O) groups is 1.